The lowest BCUT2D eigenvalue weighted by Gasteiger charge is -2.33. The van der Waals surface area contributed by atoms with E-state index in [2.05, 4.69) is 0 Å². The molecule has 2 rings (SSSR count). The number of carboxylic acids is 1. The van der Waals surface area contributed by atoms with E-state index in [9.17, 15) is 9.90 Å². The number of nitrogens with zero attached hydrogens (tertiary/aromatic N) is 1. The molecule has 0 unspecified atom stereocenters. The van der Waals surface area contributed by atoms with Crippen molar-refractivity contribution in [3.8, 4) is 0 Å². The number of aromatic carboxylic acids is 1. The molecule has 0 aromatic heterocycles. The minimum atomic E-state index is -0.936. The Morgan fingerprint density at radius 3 is 2.61 bits per heavy atom. The van der Waals surface area contributed by atoms with Gasteiger partial charge in [-0.25, -0.2) is 4.79 Å². The maximum absolute atomic E-state index is 11.2. The number of aliphatic hydroxyl groups excluding tert-OH is 1. The first-order chi connectivity index (χ1) is 8.61. The Bertz CT molecular complexity index is 440. The van der Waals surface area contributed by atoms with Gasteiger partial charge in [-0.3, -0.25) is 0 Å². The summed E-state index contributed by atoms with van der Waals surface area (Å²) in [5.41, 5.74) is 7.26. The standard InChI is InChI=1S/C13H18N2O3/c14-10-1-2-11(13(17)18)12(7-10)15-5-3-9(8-16)4-6-15/h1-2,7,9,16H,3-6,8,14H2,(H,17,18). The monoisotopic (exact) mass is 250 g/mol. The largest absolute Gasteiger partial charge is 0.478 e. The third kappa shape index (κ3) is 2.56. The van der Waals surface area contributed by atoms with Gasteiger partial charge in [-0.15, -0.1) is 0 Å². The van der Waals surface area contributed by atoms with Crippen molar-refractivity contribution in [2.75, 3.05) is 30.3 Å². The first kappa shape index (κ1) is 12.7. The lowest BCUT2D eigenvalue weighted by Crippen LogP contribution is -2.35. The van der Waals surface area contributed by atoms with Crippen molar-refractivity contribution in [3.05, 3.63) is 23.8 Å². The van der Waals surface area contributed by atoms with Crippen LogP contribution in [-0.4, -0.2) is 35.9 Å². The van der Waals surface area contributed by atoms with Gasteiger partial charge in [0.1, 0.15) is 0 Å². The van der Waals surface area contributed by atoms with Crippen molar-refractivity contribution < 1.29 is 15.0 Å². The summed E-state index contributed by atoms with van der Waals surface area (Å²) in [6.07, 6.45) is 1.76. The maximum Gasteiger partial charge on any atom is 0.337 e. The fourth-order valence-corrected chi connectivity index (χ4v) is 2.35. The van der Waals surface area contributed by atoms with E-state index in [0.717, 1.165) is 25.9 Å². The van der Waals surface area contributed by atoms with Gasteiger partial charge in [0.15, 0.2) is 0 Å². The molecule has 1 saturated heterocycles. The number of nitrogen functional groups attached to an aromatic ring is 1. The predicted octanol–water partition coefficient (Wildman–Crippen LogP) is 1.18. The molecule has 0 radical (unpaired) electrons. The molecule has 1 aromatic rings. The summed E-state index contributed by atoms with van der Waals surface area (Å²) in [5, 5.41) is 18.3. The Labute approximate surface area is 106 Å². The van der Waals surface area contributed by atoms with Crippen LogP contribution in [0.25, 0.3) is 0 Å². The van der Waals surface area contributed by atoms with Crippen LogP contribution in [0, 0.1) is 5.92 Å². The fraction of sp³-hybridized carbons (Fsp3) is 0.462. The lowest BCUT2D eigenvalue weighted by molar-refractivity contribution is 0.0697. The van der Waals surface area contributed by atoms with E-state index < -0.39 is 5.97 Å². The summed E-state index contributed by atoms with van der Waals surface area (Å²) >= 11 is 0. The summed E-state index contributed by atoms with van der Waals surface area (Å²) in [5.74, 6) is -0.607. The normalized spacial score (nSPS) is 16.8. The molecule has 18 heavy (non-hydrogen) atoms. The first-order valence-electron chi connectivity index (χ1n) is 6.10. The van der Waals surface area contributed by atoms with Gasteiger partial charge in [0.2, 0.25) is 0 Å². The smallest absolute Gasteiger partial charge is 0.337 e. The first-order valence-corrected chi connectivity index (χ1v) is 6.10. The summed E-state index contributed by atoms with van der Waals surface area (Å²) < 4.78 is 0. The van der Waals surface area contributed by atoms with E-state index in [-0.39, 0.29) is 12.2 Å². The summed E-state index contributed by atoms with van der Waals surface area (Å²) in [7, 11) is 0. The molecule has 1 aliphatic rings. The van der Waals surface area contributed by atoms with Crippen LogP contribution in [0.5, 0.6) is 0 Å². The van der Waals surface area contributed by atoms with Crippen LogP contribution in [0.15, 0.2) is 18.2 Å². The highest BCUT2D eigenvalue weighted by Gasteiger charge is 2.22. The van der Waals surface area contributed by atoms with Crippen molar-refractivity contribution >= 4 is 17.3 Å². The zero-order valence-corrected chi connectivity index (χ0v) is 10.2. The van der Waals surface area contributed by atoms with E-state index in [1.54, 1.807) is 18.2 Å². The molecule has 5 nitrogen and oxygen atoms in total. The lowest BCUT2D eigenvalue weighted by atomic mass is 9.97. The van der Waals surface area contributed by atoms with Gasteiger partial charge in [0.25, 0.3) is 0 Å². The number of carboxylic acid groups (broad SMARTS) is 1. The van der Waals surface area contributed by atoms with Crippen LogP contribution in [0.1, 0.15) is 23.2 Å². The highest BCUT2D eigenvalue weighted by Crippen LogP contribution is 2.28. The Kier molecular flexibility index (Phi) is 3.72. The number of anilines is 2. The number of aliphatic hydroxyl groups is 1. The molecule has 98 valence electrons. The zero-order chi connectivity index (χ0) is 13.1. The minimum absolute atomic E-state index is 0.205. The van der Waals surface area contributed by atoms with Crippen LogP contribution >= 0.6 is 0 Å². The van der Waals surface area contributed by atoms with Crippen molar-refractivity contribution in [1.29, 1.82) is 0 Å². The second kappa shape index (κ2) is 5.27. The van der Waals surface area contributed by atoms with E-state index in [4.69, 9.17) is 10.8 Å². The average molecular weight is 250 g/mol. The molecule has 1 aromatic carbocycles. The predicted molar refractivity (Wildman–Crippen MR) is 69.8 cm³/mol. The van der Waals surface area contributed by atoms with Gasteiger partial charge < -0.3 is 20.8 Å². The molecule has 5 heteroatoms. The Morgan fingerprint density at radius 1 is 1.39 bits per heavy atom. The van der Waals surface area contributed by atoms with E-state index in [1.807, 2.05) is 4.90 Å². The number of nitrogens with two attached hydrogens (primary N) is 1. The molecule has 0 aliphatic carbocycles. The fourth-order valence-electron chi connectivity index (χ4n) is 2.35. The van der Waals surface area contributed by atoms with Gasteiger partial charge in [-0.1, -0.05) is 0 Å². The highest BCUT2D eigenvalue weighted by molar-refractivity contribution is 5.95. The molecule has 1 aliphatic heterocycles. The number of piperidine rings is 1. The molecule has 0 spiro atoms. The number of hydrogen-bond acceptors (Lipinski definition) is 4. The molecule has 1 fully saturated rings. The molecule has 0 bridgehead atoms. The quantitative estimate of drug-likeness (QED) is 0.701. The average Bonchev–Trinajstić information content (AvgIpc) is 2.38. The van der Waals surface area contributed by atoms with Gasteiger partial charge in [0.05, 0.1) is 11.3 Å². The van der Waals surface area contributed by atoms with Gasteiger partial charge in [-0.05, 0) is 37.0 Å². The van der Waals surface area contributed by atoms with Crippen molar-refractivity contribution in [2.24, 2.45) is 5.92 Å². The van der Waals surface area contributed by atoms with E-state index in [0.29, 0.717) is 17.3 Å². The van der Waals surface area contributed by atoms with E-state index in [1.165, 1.54) is 0 Å². The summed E-state index contributed by atoms with van der Waals surface area (Å²) in [6.45, 7) is 1.72. The Morgan fingerprint density at radius 2 is 2.06 bits per heavy atom. The van der Waals surface area contributed by atoms with E-state index >= 15 is 0 Å². The van der Waals surface area contributed by atoms with Crippen molar-refractivity contribution in [3.63, 3.8) is 0 Å². The summed E-state index contributed by atoms with van der Waals surface area (Å²) in [6, 6.07) is 4.86. The molecular formula is C13H18N2O3. The Balaban J connectivity index is 2.22. The highest BCUT2D eigenvalue weighted by atomic mass is 16.4. The SMILES string of the molecule is Nc1ccc(C(=O)O)c(N2CCC(CO)CC2)c1. The van der Waals surface area contributed by atoms with Gasteiger partial charge in [0, 0.05) is 25.4 Å². The molecule has 4 N–H and O–H groups in total. The third-order valence-corrected chi connectivity index (χ3v) is 3.47. The summed E-state index contributed by atoms with van der Waals surface area (Å²) in [4.78, 5) is 13.2. The molecule has 1 heterocycles. The van der Waals surface area contributed by atoms with Crippen LogP contribution in [0.3, 0.4) is 0 Å². The molecule has 0 saturated carbocycles. The van der Waals surface area contributed by atoms with Crippen LogP contribution in [-0.2, 0) is 0 Å². The van der Waals surface area contributed by atoms with Crippen molar-refractivity contribution in [1.82, 2.24) is 0 Å². The molecular weight excluding hydrogens is 232 g/mol. The number of rotatable bonds is 3. The van der Waals surface area contributed by atoms with Gasteiger partial charge in [-0.2, -0.15) is 0 Å². The molecule has 0 atom stereocenters. The topological polar surface area (TPSA) is 86.8 Å². The number of benzene rings is 1. The van der Waals surface area contributed by atoms with Crippen LogP contribution in [0.4, 0.5) is 11.4 Å². The van der Waals surface area contributed by atoms with Crippen molar-refractivity contribution in [2.45, 2.75) is 12.8 Å². The minimum Gasteiger partial charge on any atom is -0.478 e. The van der Waals surface area contributed by atoms with Gasteiger partial charge >= 0.3 is 5.97 Å². The second-order valence-corrected chi connectivity index (χ2v) is 4.69. The number of carbonyl (C=O) groups is 1. The zero-order valence-electron chi connectivity index (χ0n) is 10.2. The second-order valence-electron chi connectivity index (χ2n) is 4.69. The number of hydrogen-bond donors (Lipinski definition) is 3. The Hall–Kier alpha value is -1.75. The molecule has 0 amide bonds. The van der Waals surface area contributed by atoms with Crippen LogP contribution in [0.2, 0.25) is 0 Å². The maximum atomic E-state index is 11.2. The third-order valence-electron chi connectivity index (χ3n) is 3.47. The van der Waals surface area contributed by atoms with Crippen LogP contribution < -0.4 is 10.6 Å².